The van der Waals surface area contributed by atoms with Crippen LogP contribution >= 0.6 is 11.8 Å². The van der Waals surface area contributed by atoms with Gasteiger partial charge in [-0.05, 0) is 37.1 Å². The summed E-state index contributed by atoms with van der Waals surface area (Å²) in [4.78, 5) is 25.7. The van der Waals surface area contributed by atoms with Gasteiger partial charge < -0.3 is 10.2 Å². The van der Waals surface area contributed by atoms with Gasteiger partial charge in [-0.1, -0.05) is 0 Å². The van der Waals surface area contributed by atoms with Crippen molar-refractivity contribution in [1.82, 2.24) is 5.32 Å². The van der Waals surface area contributed by atoms with E-state index in [4.69, 9.17) is 0 Å². The SMILES string of the molecule is Cc1cc(NC(=O)C2CSCN2)ccc1N1CCCC1=O. The predicted octanol–water partition coefficient (Wildman–Crippen LogP) is 1.72. The molecule has 1 aromatic carbocycles. The molecule has 1 unspecified atom stereocenters. The molecule has 0 bridgehead atoms. The van der Waals surface area contributed by atoms with E-state index in [1.165, 1.54) is 0 Å². The van der Waals surface area contributed by atoms with Crippen molar-refractivity contribution in [2.45, 2.75) is 25.8 Å². The van der Waals surface area contributed by atoms with E-state index in [2.05, 4.69) is 10.6 Å². The van der Waals surface area contributed by atoms with Gasteiger partial charge >= 0.3 is 0 Å². The molecular formula is C15H19N3O2S. The Balaban J connectivity index is 1.71. The minimum Gasteiger partial charge on any atom is -0.325 e. The van der Waals surface area contributed by atoms with E-state index in [0.29, 0.717) is 6.42 Å². The highest BCUT2D eigenvalue weighted by atomic mass is 32.2. The van der Waals surface area contributed by atoms with Crippen LogP contribution in [-0.2, 0) is 9.59 Å². The Morgan fingerprint density at radius 2 is 2.33 bits per heavy atom. The number of rotatable bonds is 3. The van der Waals surface area contributed by atoms with Crippen molar-refractivity contribution in [3.05, 3.63) is 23.8 Å². The molecule has 2 aliphatic rings. The second-order valence-corrected chi connectivity index (χ2v) is 6.44. The van der Waals surface area contributed by atoms with Gasteiger partial charge in [-0.2, -0.15) is 0 Å². The third-order valence-electron chi connectivity index (χ3n) is 3.86. The van der Waals surface area contributed by atoms with Crippen LogP contribution in [0.15, 0.2) is 18.2 Å². The average Bonchev–Trinajstić information content (AvgIpc) is 3.10. The van der Waals surface area contributed by atoms with E-state index in [0.717, 1.165) is 41.5 Å². The van der Waals surface area contributed by atoms with E-state index in [9.17, 15) is 9.59 Å². The molecule has 2 amide bonds. The summed E-state index contributed by atoms with van der Waals surface area (Å²) in [7, 11) is 0. The minimum absolute atomic E-state index is 0.00407. The maximum absolute atomic E-state index is 12.1. The summed E-state index contributed by atoms with van der Waals surface area (Å²) in [6.45, 7) is 2.76. The van der Waals surface area contributed by atoms with Crippen LogP contribution in [0.2, 0.25) is 0 Å². The van der Waals surface area contributed by atoms with Gasteiger partial charge in [0.25, 0.3) is 0 Å². The molecule has 2 N–H and O–H groups in total. The molecule has 0 aliphatic carbocycles. The zero-order chi connectivity index (χ0) is 14.8. The zero-order valence-electron chi connectivity index (χ0n) is 12.0. The lowest BCUT2D eigenvalue weighted by molar-refractivity contribution is -0.118. The monoisotopic (exact) mass is 305 g/mol. The molecule has 1 aromatic rings. The molecule has 21 heavy (non-hydrogen) atoms. The summed E-state index contributed by atoms with van der Waals surface area (Å²) in [6.07, 6.45) is 1.55. The largest absolute Gasteiger partial charge is 0.325 e. The summed E-state index contributed by atoms with van der Waals surface area (Å²) in [5.41, 5.74) is 2.74. The van der Waals surface area contributed by atoms with Crippen LogP contribution in [0.3, 0.4) is 0 Å². The van der Waals surface area contributed by atoms with Crippen molar-refractivity contribution < 1.29 is 9.59 Å². The number of thioether (sulfide) groups is 1. The van der Waals surface area contributed by atoms with Crippen LogP contribution in [0.1, 0.15) is 18.4 Å². The van der Waals surface area contributed by atoms with E-state index in [-0.39, 0.29) is 17.9 Å². The number of benzene rings is 1. The van der Waals surface area contributed by atoms with E-state index in [1.807, 2.05) is 30.0 Å². The zero-order valence-corrected chi connectivity index (χ0v) is 12.8. The smallest absolute Gasteiger partial charge is 0.242 e. The van der Waals surface area contributed by atoms with E-state index < -0.39 is 0 Å². The van der Waals surface area contributed by atoms with Gasteiger partial charge in [0.1, 0.15) is 0 Å². The van der Waals surface area contributed by atoms with Gasteiger partial charge in [0.05, 0.1) is 6.04 Å². The molecule has 0 saturated carbocycles. The maximum Gasteiger partial charge on any atom is 0.242 e. The number of nitrogens with one attached hydrogen (secondary N) is 2. The first-order valence-electron chi connectivity index (χ1n) is 7.18. The number of nitrogens with zero attached hydrogens (tertiary/aromatic N) is 1. The molecule has 0 radical (unpaired) electrons. The van der Waals surface area contributed by atoms with Crippen molar-refractivity contribution in [2.24, 2.45) is 0 Å². The third-order valence-corrected chi connectivity index (χ3v) is 4.80. The minimum atomic E-state index is -0.116. The summed E-state index contributed by atoms with van der Waals surface area (Å²) in [5, 5.41) is 6.09. The number of hydrogen-bond donors (Lipinski definition) is 2. The Morgan fingerprint density at radius 3 is 2.95 bits per heavy atom. The summed E-state index contributed by atoms with van der Waals surface area (Å²) in [5.74, 6) is 1.82. The van der Waals surface area contributed by atoms with Crippen LogP contribution in [0, 0.1) is 6.92 Å². The fourth-order valence-electron chi connectivity index (χ4n) is 2.73. The molecule has 2 saturated heterocycles. The maximum atomic E-state index is 12.1. The topological polar surface area (TPSA) is 61.4 Å². The van der Waals surface area contributed by atoms with Gasteiger partial charge in [0.15, 0.2) is 0 Å². The lowest BCUT2D eigenvalue weighted by Crippen LogP contribution is -2.37. The van der Waals surface area contributed by atoms with Crippen LogP contribution in [-0.4, -0.2) is 36.0 Å². The molecule has 2 aliphatic heterocycles. The summed E-state index contributed by atoms with van der Waals surface area (Å²) >= 11 is 1.73. The highest BCUT2D eigenvalue weighted by Crippen LogP contribution is 2.27. The lowest BCUT2D eigenvalue weighted by atomic mass is 10.1. The molecule has 5 nitrogen and oxygen atoms in total. The molecule has 0 spiro atoms. The van der Waals surface area contributed by atoms with Crippen LogP contribution in [0.5, 0.6) is 0 Å². The van der Waals surface area contributed by atoms with Gasteiger partial charge in [0.2, 0.25) is 11.8 Å². The highest BCUT2D eigenvalue weighted by Gasteiger charge is 2.24. The number of hydrogen-bond acceptors (Lipinski definition) is 4. The molecular weight excluding hydrogens is 286 g/mol. The number of amides is 2. The van der Waals surface area contributed by atoms with Crippen LogP contribution < -0.4 is 15.5 Å². The van der Waals surface area contributed by atoms with Crippen molar-refractivity contribution in [3.63, 3.8) is 0 Å². The molecule has 0 aromatic heterocycles. The first-order valence-corrected chi connectivity index (χ1v) is 8.33. The molecule has 2 fully saturated rings. The van der Waals surface area contributed by atoms with Crippen molar-refractivity contribution >= 4 is 35.0 Å². The molecule has 112 valence electrons. The molecule has 6 heteroatoms. The predicted molar refractivity (Wildman–Crippen MR) is 85.6 cm³/mol. The summed E-state index contributed by atoms with van der Waals surface area (Å²) < 4.78 is 0. The Bertz CT molecular complexity index is 570. The quantitative estimate of drug-likeness (QED) is 0.893. The van der Waals surface area contributed by atoms with Gasteiger partial charge in [-0.25, -0.2) is 0 Å². The average molecular weight is 305 g/mol. The Labute approximate surface area is 128 Å². The van der Waals surface area contributed by atoms with E-state index >= 15 is 0 Å². The number of carbonyl (C=O) groups excluding carboxylic acids is 2. The normalized spacial score (nSPS) is 21.9. The van der Waals surface area contributed by atoms with E-state index in [1.54, 1.807) is 11.8 Å². The first kappa shape index (κ1) is 14.4. The second-order valence-electron chi connectivity index (χ2n) is 5.41. The summed E-state index contributed by atoms with van der Waals surface area (Å²) in [6, 6.07) is 5.61. The Morgan fingerprint density at radius 1 is 1.48 bits per heavy atom. The van der Waals surface area contributed by atoms with Crippen molar-refractivity contribution in [3.8, 4) is 0 Å². The number of carbonyl (C=O) groups is 2. The Kier molecular flexibility index (Phi) is 4.17. The first-order chi connectivity index (χ1) is 10.1. The molecule has 1 atom stereocenters. The standard InChI is InChI=1S/C15H19N3O2S/c1-10-7-11(17-15(20)12-8-21-9-16-12)4-5-13(10)18-6-2-3-14(18)19/h4-5,7,12,16H,2-3,6,8-9H2,1H3,(H,17,20). The Hall–Kier alpha value is -1.53. The fraction of sp³-hybridized carbons (Fsp3) is 0.467. The highest BCUT2D eigenvalue weighted by molar-refractivity contribution is 7.99. The fourth-order valence-corrected chi connectivity index (χ4v) is 3.67. The van der Waals surface area contributed by atoms with Crippen LogP contribution in [0.25, 0.3) is 0 Å². The number of anilines is 2. The third kappa shape index (κ3) is 3.06. The second kappa shape index (κ2) is 6.07. The van der Waals surface area contributed by atoms with Crippen molar-refractivity contribution in [2.75, 3.05) is 28.4 Å². The van der Waals surface area contributed by atoms with Gasteiger partial charge in [-0.3, -0.25) is 14.9 Å². The van der Waals surface area contributed by atoms with Crippen LogP contribution in [0.4, 0.5) is 11.4 Å². The van der Waals surface area contributed by atoms with Gasteiger partial charge in [0, 0.05) is 36.0 Å². The lowest BCUT2D eigenvalue weighted by Gasteiger charge is -2.19. The van der Waals surface area contributed by atoms with Gasteiger partial charge in [-0.15, -0.1) is 11.8 Å². The van der Waals surface area contributed by atoms with Crippen molar-refractivity contribution in [1.29, 1.82) is 0 Å². The number of aryl methyl sites for hydroxylation is 1. The molecule has 2 heterocycles. The molecule has 3 rings (SSSR count).